The third-order valence-corrected chi connectivity index (χ3v) is 6.22. The Morgan fingerprint density at radius 3 is 2.39 bits per heavy atom. The number of likely N-dealkylation sites (N-methyl/N-ethyl adjacent to an activating group) is 1. The standard InChI is InChI=1S/C20H38N6S.HI/c1-6-21-20(22-9-8-19-24-17(4)18(5)27-19)23-14-16(3)15-26-12-10-25(7-2)11-13-26;/h16H,6-15H2,1-5H3,(H2,21,22,23);1H. The molecule has 0 aromatic carbocycles. The van der Waals surface area contributed by atoms with E-state index in [1.807, 2.05) is 0 Å². The number of thiazole rings is 1. The first-order valence-electron chi connectivity index (χ1n) is 10.4. The second kappa shape index (κ2) is 13.7. The van der Waals surface area contributed by atoms with Crippen LogP contribution in [-0.2, 0) is 6.42 Å². The predicted molar refractivity (Wildman–Crippen MR) is 132 cm³/mol. The molecule has 2 heterocycles. The molecule has 2 rings (SSSR count). The van der Waals surface area contributed by atoms with E-state index in [-0.39, 0.29) is 24.0 Å². The van der Waals surface area contributed by atoms with Crippen LogP contribution in [-0.4, -0.2) is 79.6 Å². The molecule has 0 aliphatic carbocycles. The van der Waals surface area contributed by atoms with Crippen molar-refractivity contribution in [1.29, 1.82) is 0 Å². The van der Waals surface area contributed by atoms with Crippen LogP contribution in [0.3, 0.4) is 0 Å². The molecule has 0 spiro atoms. The van der Waals surface area contributed by atoms with Crippen LogP contribution in [0.15, 0.2) is 4.99 Å². The van der Waals surface area contributed by atoms with Gasteiger partial charge in [-0.15, -0.1) is 35.3 Å². The Morgan fingerprint density at radius 2 is 1.82 bits per heavy atom. The number of aromatic nitrogens is 1. The number of hydrogen-bond acceptors (Lipinski definition) is 5. The minimum Gasteiger partial charge on any atom is -0.357 e. The number of nitrogens with one attached hydrogen (secondary N) is 2. The van der Waals surface area contributed by atoms with E-state index in [1.165, 1.54) is 42.6 Å². The molecule has 1 aromatic heterocycles. The SMILES string of the molecule is CCNC(=NCC(C)CN1CCN(CC)CC1)NCCc1nc(C)c(C)s1.I. The van der Waals surface area contributed by atoms with Crippen LogP contribution in [0.2, 0.25) is 0 Å². The molecule has 1 fully saturated rings. The molecule has 0 radical (unpaired) electrons. The van der Waals surface area contributed by atoms with Crippen molar-refractivity contribution in [2.24, 2.45) is 10.9 Å². The van der Waals surface area contributed by atoms with Gasteiger partial charge in [0.2, 0.25) is 0 Å². The van der Waals surface area contributed by atoms with E-state index in [0.29, 0.717) is 5.92 Å². The molecule has 2 N–H and O–H groups in total. The minimum atomic E-state index is 0. The van der Waals surface area contributed by atoms with Gasteiger partial charge in [0.05, 0.1) is 10.7 Å². The quantitative estimate of drug-likeness (QED) is 0.297. The molecule has 1 unspecified atom stereocenters. The molecule has 0 amide bonds. The summed E-state index contributed by atoms with van der Waals surface area (Å²) in [5.41, 5.74) is 1.16. The summed E-state index contributed by atoms with van der Waals surface area (Å²) < 4.78 is 0. The van der Waals surface area contributed by atoms with E-state index in [1.54, 1.807) is 11.3 Å². The molecule has 6 nitrogen and oxygen atoms in total. The van der Waals surface area contributed by atoms with Gasteiger partial charge < -0.3 is 20.4 Å². The molecule has 8 heteroatoms. The van der Waals surface area contributed by atoms with Crippen molar-refractivity contribution in [1.82, 2.24) is 25.4 Å². The molecule has 162 valence electrons. The first kappa shape index (κ1) is 25.6. The van der Waals surface area contributed by atoms with Crippen LogP contribution >= 0.6 is 35.3 Å². The number of guanidine groups is 1. The minimum absolute atomic E-state index is 0. The Balaban J connectivity index is 0.00000392. The lowest BCUT2D eigenvalue weighted by Gasteiger charge is -2.35. The van der Waals surface area contributed by atoms with Gasteiger partial charge in [-0.3, -0.25) is 4.99 Å². The normalized spacial score (nSPS) is 17.2. The van der Waals surface area contributed by atoms with Crippen molar-refractivity contribution in [3.05, 3.63) is 15.6 Å². The van der Waals surface area contributed by atoms with Gasteiger partial charge in [-0.05, 0) is 33.2 Å². The van der Waals surface area contributed by atoms with Gasteiger partial charge in [-0.2, -0.15) is 0 Å². The lowest BCUT2D eigenvalue weighted by atomic mass is 10.1. The van der Waals surface area contributed by atoms with E-state index in [0.717, 1.165) is 44.3 Å². The Morgan fingerprint density at radius 1 is 1.14 bits per heavy atom. The van der Waals surface area contributed by atoms with Crippen molar-refractivity contribution < 1.29 is 0 Å². The summed E-state index contributed by atoms with van der Waals surface area (Å²) in [7, 11) is 0. The van der Waals surface area contributed by atoms with Crippen LogP contribution in [0, 0.1) is 19.8 Å². The number of rotatable bonds is 9. The van der Waals surface area contributed by atoms with E-state index < -0.39 is 0 Å². The summed E-state index contributed by atoms with van der Waals surface area (Å²) in [6.45, 7) is 20.6. The zero-order valence-corrected chi connectivity index (χ0v) is 21.4. The highest BCUT2D eigenvalue weighted by Crippen LogP contribution is 2.16. The van der Waals surface area contributed by atoms with Crippen LogP contribution in [0.1, 0.15) is 36.3 Å². The predicted octanol–water partition coefficient (Wildman–Crippen LogP) is 2.75. The Labute approximate surface area is 192 Å². The van der Waals surface area contributed by atoms with Crippen molar-refractivity contribution in [3.8, 4) is 0 Å². The highest BCUT2D eigenvalue weighted by atomic mass is 127. The highest BCUT2D eigenvalue weighted by Gasteiger charge is 2.17. The van der Waals surface area contributed by atoms with E-state index >= 15 is 0 Å². The number of aryl methyl sites for hydroxylation is 2. The Hall–Kier alpha value is -0.450. The van der Waals surface area contributed by atoms with Gasteiger partial charge >= 0.3 is 0 Å². The topological polar surface area (TPSA) is 55.8 Å². The van der Waals surface area contributed by atoms with Crippen LogP contribution in [0.5, 0.6) is 0 Å². The lowest BCUT2D eigenvalue weighted by molar-refractivity contribution is 0.125. The average molecular weight is 523 g/mol. The van der Waals surface area contributed by atoms with E-state index in [9.17, 15) is 0 Å². The monoisotopic (exact) mass is 522 g/mol. The summed E-state index contributed by atoms with van der Waals surface area (Å²) in [5, 5.41) is 8.02. The maximum Gasteiger partial charge on any atom is 0.191 e. The molecule has 1 aliphatic rings. The smallest absolute Gasteiger partial charge is 0.191 e. The number of piperazine rings is 1. The van der Waals surface area contributed by atoms with Crippen molar-refractivity contribution >= 4 is 41.3 Å². The first-order valence-corrected chi connectivity index (χ1v) is 11.2. The van der Waals surface area contributed by atoms with Crippen molar-refractivity contribution in [3.63, 3.8) is 0 Å². The third kappa shape index (κ3) is 8.92. The molecular weight excluding hydrogens is 483 g/mol. The molecule has 1 atom stereocenters. The summed E-state index contributed by atoms with van der Waals surface area (Å²) in [5.74, 6) is 1.49. The third-order valence-electron chi connectivity index (χ3n) is 5.09. The Bertz CT molecular complexity index is 564. The average Bonchev–Trinajstić information content (AvgIpc) is 2.98. The lowest BCUT2D eigenvalue weighted by Crippen LogP contribution is -2.47. The van der Waals surface area contributed by atoms with Crippen LogP contribution in [0.4, 0.5) is 0 Å². The van der Waals surface area contributed by atoms with Gasteiger partial charge in [-0.1, -0.05) is 13.8 Å². The molecule has 1 aromatic rings. The zero-order valence-electron chi connectivity index (χ0n) is 18.3. The molecule has 28 heavy (non-hydrogen) atoms. The molecule has 0 saturated carbocycles. The maximum absolute atomic E-state index is 4.80. The van der Waals surface area contributed by atoms with Crippen LogP contribution in [0.25, 0.3) is 0 Å². The van der Waals surface area contributed by atoms with Crippen molar-refractivity contribution in [2.75, 3.05) is 58.9 Å². The summed E-state index contributed by atoms with van der Waals surface area (Å²) in [6.07, 6.45) is 0.945. The second-order valence-electron chi connectivity index (χ2n) is 7.49. The zero-order chi connectivity index (χ0) is 19.6. The van der Waals surface area contributed by atoms with Gasteiger partial charge in [0.1, 0.15) is 0 Å². The summed E-state index contributed by atoms with van der Waals surface area (Å²) in [6, 6.07) is 0. The van der Waals surface area contributed by atoms with Gasteiger partial charge in [0, 0.05) is 63.7 Å². The van der Waals surface area contributed by atoms with E-state index in [2.05, 4.69) is 60.0 Å². The summed E-state index contributed by atoms with van der Waals surface area (Å²) in [4.78, 5) is 15.8. The second-order valence-corrected chi connectivity index (χ2v) is 8.77. The summed E-state index contributed by atoms with van der Waals surface area (Å²) >= 11 is 1.80. The van der Waals surface area contributed by atoms with Gasteiger partial charge in [-0.25, -0.2) is 4.98 Å². The van der Waals surface area contributed by atoms with Gasteiger partial charge in [0.15, 0.2) is 5.96 Å². The van der Waals surface area contributed by atoms with Crippen LogP contribution < -0.4 is 10.6 Å². The number of nitrogens with zero attached hydrogens (tertiary/aromatic N) is 4. The number of halogens is 1. The molecule has 1 aliphatic heterocycles. The fourth-order valence-electron chi connectivity index (χ4n) is 3.31. The Kier molecular flexibility index (Phi) is 12.5. The fourth-order valence-corrected chi connectivity index (χ4v) is 4.24. The first-order chi connectivity index (χ1) is 13.0. The fraction of sp³-hybridized carbons (Fsp3) is 0.800. The maximum atomic E-state index is 4.80. The molecule has 0 bridgehead atoms. The van der Waals surface area contributed by atoms with E-state index in [4.69, 9.17) is 4.99 Å². The van der Waals surface area contributed by atoms with Crippen molar-refractivity contribution in [2.45, 2.75) is 41.0 Å². The molecule has 1 saturated heterocycles. The number of aliphatic imine (C=N–C) groups is 1. The highest BCUT2D eigenvalue weighted by molar-refractivity contribution is 14.0. The molecular formula is C20H39IN6S. The number of hydrogen-bond donors (Lipinski definition) is 2. The largest absolute Gasteiger partial charge is 0.357 e. The van der Waals surface area contributed by atoms with Gasteiger partial charge in [0.25, 0.3) is 0 Å².